The summed E-state index contributed by atoms with van der Waals surface area (Å²) in [5.74, 6) is -0.360. The lowest BCUT2D eigenvalue weighted by molar-refractivity contribution is 0.0925. The maximum absolute atomic E-state index is 12.8. The van der Waals surface area contributed by atoms with Crippen LogP contribution in [0.25, 0.3) is 4.96 Å². The van der Waals surface area contributed by atoms with Gasteiger partial charge in [-0.05, 0) is 31.2 Å². The molecule has 24 heavy (non-hydrogen) atoms. The Morgan fingerprint density at radius 3 is 2.46 bits per heavy atom. The Hall–Kier alpha value is -3.00. The Labute approximate surface area is 139 Å². The van der Waals surface area contributed by atoms with Gasteiger partial charge >= 0.3 is 0 Å². The van der Waals surface area contributed by atoms with E-state index in [1.165, 1.54) is 17.6 Å². The summed E-state index contributed by atoms with van der Waals surface area (Å²) in [6.07, 6.45) is 0. The van der Waals surface area contributed by atoms with Crippen molar-refractivity contribution in [2.75, 3.05) is 12.0 Å². The van der Waals surface area contributed by atoms with Crippen LogP contribution < -0.4 is 15.2 Å². The van der Waals surface area contributed by atoms with Crippen LogP contribution in [-0.4, -0.2) is 28.3 Å². The van der Waals surface area contributed by atoms with E-state index in [2.05, 4.69) is 4.98 Å². The van der Waals surface area contributed by atoms with Gasteiger partial charge in [0.25, 0.3) is 17.4 Å². The van der Waals surface area contributed by atoms with E-state index in [4.69, 9.17) is 4.74 Å². The van der Waals surface area contributed by atoms with E-state index in [9.17, 15) is 14.4 Å². The molecular formula is C16H11N3O4S. The van der Waals surface area contributed by atoms with Crippen molar-refractivity contribution in [3.05, 3.63) is 57.0 Å². The molecule has 0 spiro atoms. The Balaban J connectivity index is 1.88. The van der Waals surface area contributed by atoms with Gasteiger partial charge in [0.05, 0.1) is 12.8 Å². The fourth-order valence-electron chi connectivity index (χ4n) is 2.69. The summed E-state index contributed by atoms with van der Waals surface area (Å²) in [5, 5.41) is 0. The number of hydrogen-bond donors (Lipinski definition) is 0. The molecule has 1 aliphatic rings. The zero-order valence-corrected chi connectivity index (χ0v) is 13.6. The molecule has 8 heteroatoms. The van der Waals surface area contributed by atoms with Gasteiger partial charge in [0.1, 0.15) is 16.3 Å². The van der Waals surface area contributed by atoms with Crippen molar-refractivity contribution in [3.8, 4) is 5.75 Å². The van der Waals surface area contributed by atoms with Crippen LogP contribution >= 0.6 is 11.3 Å². The molecule has 0 bridgehead atoms. The number of nitrogens with zero attached hydrogens (tertiary/aromatic N) is 3. The number of methoxy groups -OCH3 is 1. The van der Waals surface area contributed by atoms with Gasteiger partial charge in [-0.3, -0.25) is 14.4 Å². The number of aromatic nitrogens is 2. The lowest BCUT2D eigenvalue weighted by atomic mass is 10.3. The van der Waals surface area contributed by atoms with Gasteiger partial charge in [-0.15, -0.1) is 0 Å². The number of rotatable bonds is 2. The van der Waals surface area contributed by atoms with E-state index in [1.807, 2.05) is 0 Å². The Bertz CT molecular complexity index is 1070. The Kier molecular flexibility index (Phi) is 3.04. The molecule has 7 nitrogen and oxygen atoms in total. The predicted molar refractivity (Wildman–Crippen MR) is 88.2 cm³/mol. The molecule has 0 unspecified atom stereocenters. The zero-order valence-electron chi connectivity index (χ0n) is 12.8. The van der Waals surface area contributed by atoms with Gasteiger partial charge in [0, 0.05) is 11.8 Å². The van der Waals surface area contributed by atoms with Crippen molar-refractivity contribution in [1.82, 2.24) is 9.38 Å². The second-order valence-corrected chi connectivity index (χ2v) is 6.25. The lowest BCUT2D eigenvalue weighted by Gasteiger charge is -2.14. The second-order valence-electron chi connectivity index (χ2n) is 5.28. The van der Waals surface area contributed by atoms with E-state index in [-0.39, 0.29) is 16.1 Å². The lowest BCUT2D eigenvalue weighted by Crippen LogP contribution is -2.31. The van der Waals surface area contributed by atoms with E-state index < -0.39 is 11.8 Å². The van der Waals surface area contributed by atoms with Crippen LogP contribution in [0.15, 0.2) is 35.1 Å². The van der Waals surface area contributed by atoms with Crippen molar-refractivity contribution in [2.45, 2.75) is 6.92 Å². The molecule has 0 atom stereocenters. The number of aryl methyl sites for hydroxylation is 1. The molecule has 0 radical (unpaired) electrons. The minimum absolute atomic E-state index is 0.0771. The van der Waals surface area contributed by atoms with Gasteiger partial charge < -0.3 is 4.74 Å². The fourth-order valence-corrected chi connectivity index (χ4v) is 3.79. The third kappa shape index (κ3) is 1.89. The van der Waals surface area contributed by atoms with Crippen molar-refractivity contribution < 1.29 is 14.3 Å². The molecule has 0 saturated carbocycles. The van der Waals surface area contributed by atoms with E-state index in [1.54, 1.807) is 31.2 Å². The first-order chi connectivity index (χ1) is 11.5. The summed E-state index contributed by atoms with van der Waals surface area (Å²) in [6, 6.07) is 7.92. The first kappa shape index (κ1) is 14.6. The number of carbonyl (C=O) groups is 2. The maximum atomic E-state index is 12.8. The van der Waals surface area contributed by atoms with Crippen molar-refractivity contribution in [3.63, 3.8) is 0 Å². The monoisotopic (exact) mass is 341 g/mol. The number of thiazole rings is 1. The Morgan fingerprint density at radius 2 is 1.79 bits per heavy atom. The molecule has 2 aromatic heterocycles. The second kappa shape index (κ2) is 5.00. The quantitative estimate of drug-likeness (QED) is 0.665. The summed E-state index contributed by atoms with van der Waals surface area (Å²) >= 11 is 1.05. The highest BCUT2D eigenvalue weighted by Crippen LogP contribution is 2.33. The first-order valence-electron chi connectivity index (χ1n) is 7.07. The average molecular weight is 341 g/mol. The number of benzene rings is 1. The minimum Gasteiger partial charge on any atom is -0.497 e. The SMILES string of the molecule is COc1ccc(N2C(=O)c3sc4nc(C)cc(=O)n4c3C2=O)cc1. The minimum atomic E-state index is -0.529. The molecule has 0 N–H and O–H groups in total. The molecule has 3 heterocycles. The molecule has 1 aliphatic heterocycles. The predicted octanol–water partition coefficient (Wildman–Crippen LogP) is 1.87. The van der Waals surface area contributed by atoms with Crippen LogP contribution in [0.4, 0.5) is 5.69 Å². The normalized spacial score (nSPS) is 13.7. The van der Waals surface area contributed by atoms with Crippen LogP contribution in [0.5, 0.6) is 5.75 Å². The summed E-state index contributed by atoms with van der Waals surface area (Å²) in [7, 11) is 1.53. The van der Waals surface area contributed by atoms with E-state index in [0.29, 0.717) is 22.1 Å². The van der Waals surface area contributed by atoms with Crippen molar-refractivity contribution >= 4 is 33.8 Å². The maximum Gasteiger partial charge on any atom is 0.284 e. The van der Waals surface area contributed by atoms with Gasteiger partial charge in [0.2, 0.25) is 0 Å². The molecule has 0 aliphatic carbocycles. The molecule has 0 saturated heterocycles. The van der Waals surface area contributed by atoms with E-state index >= 15 is 0 Å². The molecule has 3 aromatic rings. The van der Waals surface area contributed by atoms with E-state index in [0.717, 1.165) is 16.2 Å². The van der Waals surface area contributed by atoms with Crippen LogP contribution in [0.3, 0.4) is 0 Å². The average Bonchev–Trinajstić information content (AvgIpc) is 3.04. The molecule has 2 amide bonds. The third-order valence-corrected chi connectivity index (χ3v) is 4.81. The van der Waals surface area contributed by atoms with Crippen LogP contribution in [-0.2, 0) is 0 Å². The van der Waals surface area contributed by atoms with Gasteiger partial charge in [-0.1, -0.05) is 11.3 Å². The zero-order chi connectivity index (χ0) is 17.0. The number of imide groups is 1. The van der Waals surface area contributed by atoms with Gasteiger partial charge in [0.15, 0.2) is 4.96 Å². The highest BCUT2D eigenvalue weighted by Gasteiger charge is 2.41. The fraction of sp³-hybridized carbons (Fsp3) is 0.125. The molecule has 0 fully saturated rings. The summed E-state index contributed by atoms with van der Waals surface area (Å²) in [6.45, 7) is 1.69. The number of fused-ring (bicyclic) bond motifs is 3. The van der Waals surface area contributed by atoms with Crippen molar-refractivity contribution in [2.24, 2.45) is 0 Å². The highest BCUT2D eigenvalue weighted by molar-refractivity contribution is 7.19. The first-order valence-corrected chi connectivity index (χ1v) is 7.89. The highest BCUT2D eigenvalue weighted by atomic mass is 32.1. The number of anilines is 1. The summed E-state index contributed by atoms with van der Waals surface area (Å²) in [5.41, 5.74) is 0.684. The smallest absolute Gasteiger partial charge is 0.284 e. The molecule has 1 aromatic carbocycles. The third-order valence-electron chi connectivity index (χ3n) is 3.78. The van der Waals surface area contributed by atoms with Crippen LogP contribution in [0.1, 0.15) is 25.9 Å². The number of ether oxygens (including phenoxy) is 1. The molecular weight excluding hydrogens is 330 g/mol. The number of amides is 2. The standard InChI is InChI=1S/C16H11N3O4S/c1-8-7-11(20)19-12-13(24-16(19)17-8)15(22)18(14(12)21)9-3-5-10(23-2)6-4-9/h3-7H,1-2H3. The molecule has 120 valence electrons. The summed E-state index contributed by atoms with van der Waals surface area (Å²) < 4.78 is 6.28. The number of hydrogen-bond acceptors (Lipinski definition) is 6. The van der Waals surface area contributed by atoms with Crippen LogP contribution in [0, 0.1) is 6.92 Å². The van der Waals surface area contributed by atoms with Gasteiger partial charge in [-0.2, -0.15) is 0 Å². The summed E-state index contributed by atoms with van der Waals surface area (Å²) in [4.78, 5) is 43.5. The Morgan fingerprint density at radius 1 is 1.08 bits per heavy atom. The van der Waals surface area contributed by atoms with Gasteiger partial charge in [-0.25, -0.2) is 14.3 Å². The number of carbonyl (C=O) groups excluding carboxylic acids is 2. The van der Waals surface area contributed by atoms with Crippen molar-refractivity contribution in [1.29, 1.82) is 0 Å². The topological polar surface area (TPSA) is 81.0 Å². The van der Waals surface area contributed by atoms with Crippen LogP contribution in [0.2, 0.25) is 0 Å². The largest absolute Gasteiger partial charge is 0.497 e. The molecule has 4 rings (SSSR count).